The summed E-state index contributed by atoms with van der Waals surface area (Å²) in [5.41, 5.74) is 23.6. The molecule has 2 aliphatic heterocycles. The molecule has 0 spiro atoms. The summed E-state index contributed by atoms with van der Waals surface area (Å²) in [4.78, 5) is 10.7. The summed E-state index contributed by atoms with van der Waals surface area (Å²) in [5.74, 6) is 0.704. The SMILES string of the molecule is CC(C)(C)c1ccc2c(c1)c1cc(-c3ccccc3)cc3c1n2-c1cc(-c2cc(-c4ccccc4)nc(-c4ccccc4)n2)cc2c1B3c1cc(-c3ccccc3)cc3c4cc(C(C)(C)C)ccc4n-2c13. The molecular formula is C66H51BN4. The van der Waals surface area contributed by atoms with Crippen LogP contribution in [0.3, 0.4) is 0 Å². The van der Waals surface area contributed by atoms with E-state index in [0.717, 1.165) is 28.1 Å². The van der Waals surface area contributed by atoms with Gasteiger partial charge in [-0.05, 0) is 115 Å². The summed E-state index contributed by atoms with van der Waals surface area (Å²) < 4.78 is 5.20. The smallest absolute Gasteiger partial charge is 0.252 e. The van der Waals surface area contributed by atoms with Crippen LogP contribution in [0.15, 0.2) is 200 Å². The van der Waals surface area contributed by atoms with Crippen LogP contribution in [0.5, 0.6) is 0 Å². The Kier molecular flexibility index (Phi) is 8.87. The molecule has 4 nitrogen and oxygen atoms in total. The first kappa shape index (κ1) is 41.7. The molecule has 0 amide bonds. The molecule has 0 aliphatic carbocycles. The van der Waals surface area contributed by atoms with E-state index in [4.69, 9.17) is 9.97 Å². The van der Waals surface area contributed by atoms with Crippen molar-refractivity contribution in [1.82, 2.24) is 19.1 Å². The van der Waals surface area contributed by atoms with Crippen molar-refractivity contribution in [2.45, 2.75) is 52.4 Å². The van der Waals surface area contributed by atoms with Gasteiger partial charge in [-0.2, -0.15) is 0 Å². The van der Waals surface area contributed by atoms with Crippen molar-refractivity contribution in [1.29, 1.82) is 0 Å². The number of hydrogen-bond acceptors (Lipinski definition) is 2. The predicted octanol–water partition coefficient (Wildman–Crippen LogP) is 14.7. The first-order valence-electron chi connectivity index (χ1n) is 25.0. The molecule has 0 atom stereocenters. The number of hydrogen-bond donors (Lipinski definition) is 0. The number of rotatable bonds is 5. The van der Waals surface area contributed by atoms with E-state index >= 15 is 0 Å². The maximum absolute atomic E-state index is 5.49. The minimum Gasteiger partial charge on any atom is -0.310 e. The minimum absolute atomic E-state index is 0.0345. The monoisotopic (exact) mass is 910 g/mol. The van der Waals surface area contributed by atoms with E-state index in [1.165, 1.54) is 105 Å². The molecule has 0 bridgehead atoms. The Morgan fingerprint density at radius 3 is 1.20 bits per heavy atom. The van der Waals surface area contributed by atoms with Crippen LogP contribution in [0.1, 0.15) is 52.7 Å². The molecular weight excluding hydrogens is 860 g/mol. The summed E-state index contributed by atoms with van der Waals surface area (Å²) in [6.45, 7) is 13.9. The maximum atomic E-state index is 5.49. The van der Waals surface area contributed by atoms with E-state index in [9.17, 15) is 0 Å². The van der Waals surface area contributed by atoms with Gasteiger partial charge >= 0.3 is 0 Å². The number of benzene rings is 9. The highest BCUT2D eigenvalue weighted by molar-refractivity contribution is 7.00. The van der Waals surface area contributed by atoms with Crippen molar-refractivity contribution in [2.24, 2.45) is 0 Å². The molecule has 5 heterocycles. The van der Waals surface area contributed by atoms with E-state index in [-0.39, 0.29) is 17.5 Å². The number of aromatic nitrogens is 4. The molecule has 0 N–H and O–H groups in total. The normalized spacial score (nSPS) is 12.9. The number of fused-ring (bicyclic) bond motifs is 10. The summed E-state index contributed by atoms with van der Waals surface area (Å²) in [7, 11) is 0. The second-order valence-electron chi connectivity index (χ2n) is 21.8. The van der Waals surface area contributed by atoms with Gasteiger partial charge in [-0.15, -0.1) is 0 Å². The van der Waals surface area contributed by atoms with Crippen molar-refractivity contribution >= 4 is 66.7 Å². The lowest BCUT2D eigenvalue weighted by Crippen LogP contribution is -2.59. The Bertz CT molecular complexity index is 3890. The number of nitrogens with zero attached hydrogens (tertiary/aromatic N) is 4. The van der Waals surface area contributed by atoms with Crippen LogP contribution < -0.4 is 16.4 Å². The van der Waals surface area contributed by atoms with Gasteiger partial charge in [-0.3, -0.25) is 0 Å². The predicted molar refractivity (Wildman–Crippen MR) is 300 cm³/mol. The zero-order chi connectivity index (χ0) is 47.9. The minimum atomic E-state index is -0.0747. The molecule has 0 fully saturated rings. The molecule has 5 heteroatoms. The van der Waals surface area contributed by atoms with Crippen molar-refractivity contribution in [3.8, 4) is 67.5 Å². The van der Waals surface area contributed by atoms with E-state index in [1.807, 2.05) is 0 Å². The van der Waals surface area contributed by atoms with Gasteiger partial charge in [0.2, 0.25) is 0 Å². The third-order valence-corrected chi connectivity index (χ3v) is 15.4. The summed E-state index contributed by atoms with van der Waals surface area (Å²) >= 11 is 0. The molecule has 2 aliphatic rings. The lowest BCUT2D eigenvalue weighted by atomic mass is 9.34. The molecule has 9 aromatic carbocycles. The fourth-order valence-electron chi connectivity index (χ4n) is 11.8. The quantitative estimate of drug-likeness (QED) is 0.161. The average Bonchev–Trinajstić information content (AvgIpc) is 3.91. The van der Waals surface area contributed by atoms with Crippen LogP contribution in [-0.4, -0.2) is 25.8 Å². The Hall–Kier alpha value is -8.28. The maximum Gasteiger partial charge on any atom is 0.252 e. The third kappa shape index (κ3) is 6.38. The lowest BCUT2D eigenvalue weighted by Gasteiger charge is -2.34. The molecule has 12 aromatic rings. The summed E-state index contributed by atoms with van der Waals surface area (Å²) in [6.07, 6.45) is 0. The molecule has 0 saturated carbocycles. The Morgan fingerprint density at radius 1 is 0.352 bits per heavy atom. The molecule has 0 saturated heterocycles. The fourth-order valence-corrected chi connectivity index (χ4v) is 11.8. The molecule has 14 rings (SSSR count). The second-order valence-corrected chi connectivity index (χ2v) is 21.8. The summed E-state index contributed by atoms with van der Waals surface area (Å²) in [6, 6.07) is 74.3. The van der Waals surface area contributed by atoms with Crippen molar-refractivity contribution in [3.05, 3.63) is 211 Å². The van der Waals surface area contributed by atoms with Gasteiger partial charge in [-0.1, -0.05) is 187 Å². The highest BCUT2D eigenvalue weighted by Crippen LogP contribution is 2.44. The topological polar surface area (TPSA) is 35.6 Å². The van der Waals surface area contributed by atoms with Crippen LogP contribution in [0.25, 0.3) is 111 Å². The highest BCUT2D eigenvalue weighted by atomic mass is 15.0. The first-order chi connectivity index (χ1) is 34.5. The third-order valence-electron chi connectivity index (χ3n) is 15.4. The van der Waals surface area contributed by atoms with Crippen molar-refractivity contribution in [2.75, 3.05) is 0 Å². The van der Waals surface area contributed by atoms with Gasteiger partial charge in [0, 0.05) is 60.6 Å². The van der Waals surface area contributed by atoms with E-state index in [0.29, 0.717) is 5.82 Å². The van der Waals surface area contributed by atoms with Crippen LogP contribution in [-0.2, 0) is 10.8 Å². The Labute approximate surface area is 415 Å². The van der Waals surface area contributed by atoms with Gasteiger partial charge in [0.05, 0.1) is 22.4 Å². The van der Waals surface area contributed by atoms with Gasteiger partial charge in [0.15, 0.2) is 5.82 Å². The fraction of sp³-hybridized carbons (Fsp3) is 0.121. The van der Waals surface area contributed by atoms with Crippen LogP contribution in [0.4, 0.5) is 0 Å². The van der Waals surface area contributed by atoms with Gasteiger partial charge in [-0.25, -0.2) is 9.97 Å². The largest absolute Gasteiger partial charge is 0.310 e. The van der Waals surface area contributed by atoms with Gasteiger partial charge < -0.3 is 9.13 Å². The van der Waals surface area contributed by atoms with E-state index < -0.39 is 0 Å². The zero-order valence-electron chi connectivity index (χ0n) is 40.9. The Morgan fingerprint density at radius 2 is 0.761 bits per heavy atom. The van der Waals surface area contributed by atoms with Crippen LogP contribution in [0.2, 0.25) is 0 Å². The lowest BCUT2D eigenvalue weighted by molar-refractivity contribution is 0.591. The van der Waals surface area contributed by atoms with Crippen molar-refractivity contribution < 1.29 is 0 Å². The Balaban J connectivity index is 1.17. The molecule has 71 heavy (non-hydrogen) atoms. The molecule has 0 radical (unpaired) electrons. The molecule has 338 valence electrons. The van der Waals surface area contributed by atoms with E-state index in [1.54, 1.807) is 0 Å². The van der Waals surface area contributed by atoms with Gasteiger partial charge in [0.25, 0.3) is 6.71 Å². The average molecular weight is 911 g/mol. The molecule has 0 unspecified atom stereocenters. The van der Waals surface area contributed by atoms with Crippen LogP contribution in [0, 0.1) is 0 Å². The highest BCUT2D eigenvalue weighted by Gasteiger charge is 2.42. The summed E-state index contributed by atoms with van der Waals surface area (Å²) in [5, 5.41) is 5.09. The second kappa shape index (κ2) is 15.1. The van der Waals surface area contributed by atoms with E-state index in [2.05, 4.69) is 251 Å². The van der Waals surface area contributed by atoms with Crippen LogP contribution >= 0.6 is 0 Å². The van der Waals surface area contributed by atoms with Gasteiger partial charge in [0.1, 0.15) is 0 Å². The van der Waals surface area contributed by atoms with Crippen molar-refractivity contribution in [3.63, 3.8) is 0 Å². The standard InChI is InChI=1S/C66H51BN4/c1-65(2,3)47-27-29-57-49(37-47)51-31-44(40-19-11-7-12-20-40)33-53-62(51)70(57)59-35-46(56-39-55(42-23-15-9-16-24-42)68-64(69-56)43-25-17-10-18-26-43)36-60-61(59)67(53)54-34-45(41-21-13-8-14-22-41)32-52-50-38-48(66(4,5)6)28-30-58(50)71(60)63(52)54/h7-39H,1-6H3. The zero-order valence-corrected chi connectivity index (χ0v) is 40.9. The first-order valence-corrected chi connectivity index (χ1v) is 25.0. The molecule has 3 aromatic heterocycles.